The summed E-state index contributed by atoms with van der Waals surface area (Å²) in [5.74, 6) is -0.339. The molecule has 114 valence electrons. The van der Waals surface area contributed by atoms with E-state index in [0.29, 0.717) is 32.1 Å². The van der Waals surface area contributed by atoms with E-state index in [1.54, 1.807) is 4.90 Å². The van der Waals surface area contributed by atoms with Gasteiger partial charge in [-0.05, 0) is 19.9 Å². The van der Waals surface area contributed by atoms with Gasteiger partial charge < -0.3 is 14.9 Å². The molecule has 0 unspecified atom stereocenters. The average Bonchev–Trinajstić information content (AvgIpc) is 2.44. The Morgan fingerprint density at radius 3 is 2.19 bits per heavy atom. The number of aromatic nitrogens is 2. The third-order valence-corrected chi connectivity index (χ3v) is 3.44. The van der Waals surface area contributed by atoms with E-state index in [0.717, 1.165) is 11.4 Å². The Kier molecular flexibility index (Phi) is 4.72. The molecule has 0 spiro atoms. The van der Waals surface area contributed by atoms with Crippen molar-refractivity contribution in [1.29, 1.82) is 0 Å². The third-order valence-electron chi connectivity index (χ3n) is 3.44. The molecule has 1 aliphatic heterocycles. The molecule has 0 radical (unpaired) electrons. The highest BCUT2D eigenvalue weighted by atomic mass is 16.4. The van der Waals surface area contributed by atoms with Crippen LogP contribution >= 0.6 is 0 Å². The predicted molar refractivity (Wildman–Crippen MR) is 77.2 cm³/mol. The number of aryl methyl sites for hydroxylation is 2. The van der Waals surface area contributed by atoms with Gasteiger partial charge in [-0.15, -0.1) is 0 Å². The van der Waals surface area contributed by atoms with Crippen LogP contribution in [0.25, 0.3) is 0 Å². The standard InChI is InChI=1S/C14H20N4O3/c1-10-9-11(2)16-14(15-10)18-7-5-17(6-8-18)12(19)3-4-13(20)21/h9H,3-8H2,1-2H3,(H,20,21). The van der Waals surface area contributed by atoms with Crippen molar-refractivity contribution in [3.05, 3.63) is 17.5 Å². The fourth-order valence-corrected chi connectivity index (χ4v) is 2.38. The molecule has 21 heavy (non-hydrogen) atoms. The lowest BCUT2D eigenvalue weighted by Crippen LogP contribution is -2.49. The Balaban J connectivity index is 1.90. The molecule has 1 fully saturated rings. The zero-order valence-corrected chi connectivity index (χ0v) is 12.4. The SMILES string of the molecule is Cc1cc(C)nc(N2CCN(C(=O)CCC(=O)O)CC2)n1. The minimum absolute atomic E-state index is 0.0649. The van der Waals surface area contributed by atoms with Crippen molar-refractivity contribution < 1.29 is 14.7 Å². The second-order valence-corrected chi connectivity index (χ2v) is 5.21. The molecule has 1 saturated heterocycles. The van der Waals surface area contributed by atoms with Crippen LogP contribution in [0.15, 0.2) is 6.07 Å². The van der Waals surface area contributed by atoms with Crippen molar-refractivity contribution in [2.75, 3.05) is 31.1 Å². The number of piperazine rings is 1. The van der Waals surface area contributed by atoms with E-state index in [9.17, 15) is 9.59 Å². The van der Waals surface area contributed by atoms with Gasteiger partial charge in [-0.3, -0.25) is 9.59 Å². The van der Waals surface area contributed by atoms with Crippen molar-refractivity contribution in [2.24, 2.45) is 0 Å². The van der Waals surface area contributed by atoms with E-state index < -0.39 is 5.97 Å². The van der Waals surface area contributed by atoms with Gasteiger partial charge in [0.05, 0.1) is 6.42 Å². The fourth-order valence-electron chi connectivity index (χ4n) is 2.38. The maximum Gasteiger partial charge on any atom is 0.303 e. The lowest BCUT2D eigenvalue weighted by molar-refractivity contribution is -0.141. The number of hydrogen-bond donors (Lipinski definition) is 1. The molecule has 1 amide bonds. The third kappa shape index (κ3) is 4.14. The second kappa shape index (κ2) is 6.51. The number of nitrogens with zero attached hydrogens (tertiary/aromatic N) is 4. The number of amides is 1. The van der Waals surface area contributed by atoms with Crippen molar-refractivity contribution >= 4 is 17.8 Å². The molecule has 1 N–H and O–H groups in total. The van der Waals surface area contributed by atoms with E-state index in [-0.39, 0.29) is 18.7 Å². The van der Waals surface area contributed by atoms with Crippen molar-refractivity contribution in [3.8, 4) is 0 Å². The summed E-state index contributed by atoms with van der Waals surface area (Å²) in [6.45, 7) is 6.36. The summed E-state index contributed by atoms with van der Waals surface area (Å²) >= 11 is 0. The molecule has 2 rings (SSSR count). The fraction of sp³-hybridized carbons (Fsp3) is 0.571. The van der Waals surface area contributed by atoms with Crippen LogP contribution < -0.4 is 4.90 Å². The van der Waals surface area contributed by atoms with Crippen LogP contribution in [-0.4, -0.2) is 58.0 Å². The second-order valence-electron chi connectivity index (χ2n) is 5.21. The summed E-state index contributed by atoms with van der Waals surface area (Å²) in [7, 11) is 0. The van der Waals surface area contributed by atoms with Gasteiger partial charge in [-0.25, -0.2) is 9.97 Å². The normalized spacial score (nSPS) is 15.1. The van der Waals surface area contributed by atoms with Gasteiger partial charge in [-0.2, -0.15) is 0 Å². The number of hydrogen-bond acceptors (Lipinski definition) is 5. The molecule has 7 nitrogen and oxygen atoms in total. The summed E-state index contributed by atoms with van der Waals surface area (Å²) < 4.78 is 0. The smallest absolute Gasteiger partial charge is 0.303 e. The Hall–Kier alpha value is -2.18. The number of anilines is 1. The highest BCUT2D eigenvalue weighted by molar-refractivity contribution is 5.80. The Morgan fingerprint density at radius 2 is 1.67 bits per heavy atom. The molecule has 0 bridgehead atoms. The van der Waals surface area contributed by atoms with Gasteiger partial charge in [-0.1, -0.05) is 0 Å². The van der Waals surface area contributed by atoms with Gasteiger partial charge in [0, 0.05) is 44.0 Å². The van der Waals surface area contributed by atoms with E-state index in [4.69, 9.17) is 5.11 Å². The Labute approximate surface area is 123 Å². The minimum Gasteiger partial charge on any atom is -0.481 e. The van der Waals surface area contributed by atoms with E-state index >= 15 is 0 Å². The molecule has 0 aliphatic carbocycles. The van der Waals surface area contributed by atoms with Crippen LogP contribution in [-0.2, 0) is 9.59 Å². The molecule has 7 heteroatoms. The first-order chi connectivity index (χ1) is 9.95. The molecule has 0 saturated carbocycles. The van der Waals surface area contributed by atoms with E-state index in [1.165, 1.54) is 0 Å². The van der Waals surface area contributed by atoms with Crippen LogP contribution in [0.3, 0.4) is 0 Å². The quantitative estimate of drug-likeness (QED) is 0.875. The van der Waals surface area contributed by atoms with Crippen LogP contribution in [0, 0.1) is 13.8 Å². The minimum atomic E-state index is -0.939. The molecule has 0 aromatic carbocycles. The van der Waals surface area contributed by atoms with Crippen LogP contribution in [0.1, 0.15) is 24.2 Å². The molecule has 1 aliphatic rings. The zero-order chi connectivity index (χ0) is 15.4. The van der Waals surface area contributed by atoms with Gasteiger partial charge in [0.25, 0.3) is 0 Å². The van der Waals surface area contributed by atoms with Crippen LogP contribution in [0.5, 0.6) is 0 Å². The number of rotatable bonds is 4. The van der Waals surface area contributed by atoms with Crippen LogP contribution in [0.4, 0.5) is 5.95 Å². The summed E-state index contributed by atoms with van der Waals surface area (Å²) in [5.41, 5.74) is 1.86. The number of carbonyl (C=O) groups excluding carboxylic acids is 1. The largest absolute Gasteiger partial charge is 0.481 e. The predicted octanol–water partition coefficient (Wildman–Crippen LogP) is 0.607. The number of carboxylic acid groups (broad SMARTS) is 1. The molecule has 2 heterocycles. The van der Waals surface area contributed by atoms with Crippen molar-refractivity contribution in [3.63, 3.8) is 0 Å². The lowest BCUT2D eigenvalue weighted by Gasteiger charge is -2.34. The van der Waals surface area contributed by atoms with E-state index in [1.807, 2.05) is 19.9 Å². The maximum atomic E-state index is 11.9. The summed E-state index contributed by atoms with van der Waals surface area (Å²) in [6.07, 6.45) is -0.0470. The lowest BCUT2D eigenvalue weighted by atomic mass is 10.2. The van der Waals surface area contributed by atoms with Crippen molar-refractivity contribution in [2.45, 2.75) is 26.7 Å². The molecular weight excluding hydrogens is 272 g/mol. The monoisotopic (exact) mass is 292 g/mol. The summed E-state index contributed by atoms with van der Waals surface area (Å²) in [5, 5.41) is 8.61. The topological polar surface area (TPSA) is 86.6 Å². The summed E-state index contributed by atoms with van der Waals surface area (Å²) in [4.78, 5) is 35.0. The number of carboxylic acids is 1. The van der Waals surface area contributed by atoms with E-state index in [2.05, 4.69) is 14.9 Å². The summed E-state index contributed by atoms with van der Waals surface area (Å²) in [6, 6.07) is 1.93. The number of aliphatic carboxylic acids is 1. The number of carbonyl (C=O) groups is 2. The molecule has 1 aromatic rings. The van der Waals surface area contributed by atoms with Crippen LogP contribution in [0.2, 0.25) is 0 Å². The first-order valence-corrected chi connectivity index (χ1v) is 7.02. The van der Waals surface area contributed by atoms with Gasteiger partial charge >= 0.3 is 5.97 Å². The molecular formula is C14H20N4O3. The van der Waals surface area contributed by atoms with Gasteiger partial charge in [0.1, 0.15) is 0 Å². The average molecular weight is 292 g/mol. The van der Waals surface area contributed by atoms with Crippen molar-refractivity contribution in [1.82, 2.24) is 14.9 Å². The zero-order valence-electron chi connectivity index (χ0n) is 12.4. The maximum absolute atomic E-state index is 11.9. The molecule has 1 aromatic heterocycles. The van der Waals surface area contributed by atoms with Gasteiger partial charge in [0.15, 0.2) is 0 Å². The Morgan fingerprint density at radius 1 is 1.10 bits per heavy atom. The first kappa shape index (κ1) is 15.2. The highest BCUT2D eigenvalue weighted by Crippen LogP contribution is 2.13. The molecule has 0 atom stereocenters. The Bertz CT molecular complexity index is 519. The highest BCUT2D eigenvalue weighted by Gasteiger charge is 2.23. The van der Waals surface area contributed by atoms with Gasteiger partial charge in [0.2, 0.25) is 11.9 Å². The first-order valence-electron chi connectivity index (χ1n) is 7.02.